The highest BCUT2D eigenvalue weighted by Crippen LogP contribution is 2.35. The van der Waals surface area contributed by atoms with E-state index >= 15 is 0 Å². The highest BCUT2D eigenvalue weighted by Gasteiger charge is 2.14. The van der Waals surface area contributed by atoms with Gasteiger partial charge in [0.05, 0.1) is 11.4 Å². The van der Waals surface area contributed by atoms with Crippen LogP contribution in [-0.2, 0) is 0 Å². The highest BCUT2D eigenvalue weighted by molar-refractivity contribution is 5.89. The summed E-state index contributed by atoms with van der Waals surface area (Å²) < 4.78 is 0. The molecule has 3 nitrogen and oxygen atoms in total. The van der Waals surface area contributed by atoms with Crippen molar-refractivity contribution in [1.29, 1.82) is 0 Å². The Morgan fingerprint density at radius 3 is 1.50 bits per heavy atom. The van der Waals surface area contributed by atoms with E-state index in [1.807, 2.05) is 36.7 Å². The van der Waals surface area contributed by atoms with Crippen molar-refractivity contribution in [2.24, 2.45) is 0 Å². The normalized spacial score (nSPS) is 11.0. The fraction of sp³-hybridized carbons (Fsp3) is 0. The minimum absolute atomic E-state index is 0.696. The molecule has 2 aromatic heterocycles. The summed E-state index contributed by atoms with van der Waals surface area (Å²) in [4.78, 5) is 14.5. The van der Waals surface area contributed by atoms with Crippen LogP contribution in [-0.4, -0.2) is 15.0 Å². The van der Waals surface area contributed by atoms with Crippen LogP contribution in [0.5, 0.6) is 0 Å². The molecule has 0 saturated carbocycles. The molecule has 0 bridgehead atoms. The number of hydrogen-bond acceptors (Lipinski definition) is 3. The Morgan fingerprint density at radius 1 is 0.283 bits per heavy atom. The van der Waals surface area contributed by atoms with E-state index in [0.717, 1.165) is 50.3 Å². The number of pyridine rings is 1. The number of rotatable bonds is 6. The van der Waals surface area contributed by atoms with Crippen molar-refractivity contribution in [1.82, 2.24) is 15.0 Å². The SMILES string of the molecule is c1ccc(-c2ccc(-c3cc(-c4cc(-c5ccncc5)cc(-c5ccc6ccccc6c5)c4)nc(-c4ccccc4)n3)cc2)cc1. The Labute approximate surface area is 268 Å². The van der Waals surface area contributed by atoms with E-state index in [1.165, 1.54) is 21.9 Å². The molecule has 8 rings (SSSR count). The molecular formula is C43H29N3. The molecule has 0 aliphatic carbocycles. The van der Waals surface area contributed by atoms with E-state index in [9.17, 15) is 0 Å². The molecule has 0 unspecified atom stereocenters. The van der Waals surface area contributed by atoms with Gasteiger partial charge in [0.2, 0.25) is 0 Å². The summed E-state index contributed by atoms with van der Waals surface area (Å²) in [5.74, 6) is 0.696. The van der Waals surface area contributed by atoms with E-state index in [2.05, 4.69) is 145 Å². The number of benzene rings is 6. The van der Waals surface area contributed by atoms with Gasteiger partial charge >= 0.3 is 0 Å². The van der Waals surface area contributed by atoms with Crippen molar-refractivity contribution in [2.45, 2.75) is 0 Å². The Hall–Kier alpha value is -6.19. The average molecular weight is 588 g/mol. The minimum atomic E-state index is 0.696. The van der Waals surface area contributed by atoms with E-state index in [-0.39, 0.29) is 0 Å². The van der Waals surface area contributed by atoms with Gasteiger partial charge in [-0.3, -0.25) is 4.98 Å². The monoisotopic (exact) mass is 587 g/mol. The first-order valence-electron chi connectivity index (χ1n) is 15.4. The molecule has 0 aliphatic heterocycles. The molecule has 0 N–H and O–H groups in total. The Kier molecular flexibility index (Phi) is 7.18. The molecular weight excluding hydrogens is 558 g/mol. The largest absolute Gasteiger partial charge is 0.265 e. The molecule has 6 aromatic carbocycles. The standard InChI is InChI=1S/C43H29N3/c1-3-9-30(10-4-1)32-15-18-34(19-16-32)41-29-42(46-43(45-41)35-12-5-2-6-13-35)40-27-38(33-21-23-44-24-22-33)26-39(28-40)37-20-17-31-11-7-8-14-36(31)25-37/h1-29H. The second-order valence-electron chi connectivity index (χ2n) is 11.4. The van der Waals surface area contributed by atoms with Crippen LogP contribution in [0.15, 0.2) is 176 Å². The van der Waals surface area contributed by atoms with Gasteiger partial charge in [0, 0.05) is 29.1 Å². The second kappa shape index (κ2) is 12.1. The quantitative estimate of drug-likeness (QED) is 0.194. The third-order valence-corrected chi connectivity index (χ3v) is 8.37. The van der Waals surface area contributed by atoms with Crippen molar-refractivity contribution in [3.8, 4) is 67.3 Å². The first-order valence-corrected chi connectivity index (χ1v) is 15.4. The van der Waals surface area contributed by atoms with E-state index in [4.69, 9.17) is 9.97 Å². The molecule has 0 fully saturated rings. The summed E-state index contributed by atoms with van der Waals surface area (Å²) >= 11 is 0. The van der Waals surface area contributed by atoms with Crippen LogP contribution in [0.25, 0.3) is 78.1 Å². The Morgan fingerprint density at radius 2 is 0.783 bits per heavy atom. The van der Waals surface area contributed by atoms with Crippen molar-refractivity contribution >= 4 is 10.8 Å². The zero-order valence-corrected chi connectivity index (χ0v) is 25.1. The van der Waals surface area contributed by atoms with Crippen molar-refractivity contribution in [3.05, 3.63) is 176 Å². The summed E-state index contributed by atoms with van der Waals surface area (Å²) in [6, 6.07) is 57.4. The molecule has 8 aromatic rings. The number of hydrogen-bond donors (Lipinski definition) is 0. The summed E-state index contributed by atoms with van der Waals surface area (Å²) in [6.45, 7) is 0. The predicted molar refractivity (Wildman–Crippen MR) is 190 cm³/mol. The van der Waals surface area contributed by atoms with Gasteiger partial charge in [-0.1, -0.05) is 121 Å². The summed E-state index contributed by atoms with van der Waals surface area (Å²) in [5.41, 5.74) is 11.7. The van der Waals surface area contributed by atoms with Gasteiger partial charge in [0.25, 0.3) is 0 Å². The Balaban J connectivity index is 1.30. The molecule has 0 saturated heterocycles. The minimum Gasteiger partial charge on any atom is -0.265 e. The van der Waals surface area contributed by atoms with Crippen LogP contribution in [0.2, 0.25) is 0 Å². The molecule has 3 heteroatoms. The van der Waals surface area contributed by atoms with E-state index < -0.39 is 0 Å². The van der Waals surface area contributed by atoms with Crippen molar-refractivity contribution in [3.63, 3.8) is 0 Å². The zero-order chi connectivity index (χ0) is 30.7. The van der Waals surface area contributed by atoms with E-state index in [1.54, 1.807) is 0 Å². The van der Waals surface area contributed by atoms with Crippen molar-refractivity contribution in [2.75, 3.05) is 0 Å². The Bertz CT molecular complexity index is 2280. The number of aromatic nitrogens is 3. The molecule has 0 spiro atoms. The van der Waals surface area contributed by atoms with Gasteiger partial charge in [-0.15, -0.1) is 0 Å². The third-order valence-electron chi connectivity index (χ3n) is 8.37. The number of fused-ring (bicyclic) bond motifs is 1. The van der Waals surface area contributed by atoms with Gasteiger partial charge in [0.1, 0.15) is 0 Å². The lowest BCUT2D eigenvalue weighted by atomic mass is 9.93. The fourth-order valence-electron chi connectivity index (χ4n) is 5.95. The average Bonchev–Trinajstić information content (AvgIpc) is 3.15. The van der Waals surface area contributed by atoms with Gasteiger partial charge in [-0.05, 0) is 86.6 Å². The molecule has 0 atom stereocenters. The van der Waals surface area contributed by atoms with Gasteiger partial charge < -0.3 is 0 Å². The van der Waals surface area contributed by atoms with Crippen molar-refractivity contribution < 1.29 is 0 Å². The first-order chi connectivity index (χ1) is 22.8. The van der Waals surface area contributed by atoms with Crippen LogP contribution in [0.4, 0.5) is 0 Å². The maximum Gasteiger partial charge on any atom is 0.160 e. The predicted octanol–water partition coefficient (Wildman–Crippen LogP) is 11.0. The third kappa shape index (κ3) is 5.58. The lowest BCUT2D eigenvalue weighted by Gasteiger charge is -2.14. The fourth-order valence-corrected chi connectivity index (χ4v) is 5.95. The van der Waals surface area contributed by atoms with Crippen LogP contribution in [0, 0.1) is 0 Å². The molecule has 2 heterocycles. The summed E-state index contributed by atoms with van der Waals surface area (Å²) in [5, 5.41) is 2.44. The maximum atomic E-state index is 5.16. The maximum absolute atomic E-state index is 5.16. The topological polar surface area (TPSA) is 38.7 Å². The molecule has 0 aliphatic rings. The van der Waals surface area contributed by atoms with E-state index in [0.29, 0.717) is 5.82 Å². The lowest BCUT2D eigenvalue weighted by Crippen LogP contribution is -1.96. The van der Waals surface area contributed by atoms with Crippen LogP contribution >= 0.6 is 0 Å². The van der Waals surface area contributed by atoms with Crippen LogP contribution in [0.1, 0.15) is 0 Å². The summed E-state index contributed by atoms with van der Waals surface area (Å²) in [6.07, 6.45) is 3.68. The summed E-state index contributed by atoms with van der Waals surface area (Å²) in [7, 11) is 0. The van der Waals surface area contributed by atoms with Crippen LogP contribution in [0.3, 0.4) is 0 Å². The zero-order valence-electron chi connectivity index (χ0n) is 25.1. The van der Waals surface area contributed by atoms with Crippen LogP contribution < -0.4 is 0 Å². The molecule has 0 radical (unpaired) electrons. The highest BCUT2D eigenvalue weighted by atomic mass is 14.9. The molecule has 46 heavy (non-hydrogen) atoms. The lowest BCUT2D eigenvalue weighted by molar-refractivity contribution is 1.18. The number of nitrogens with zero attached hydrogens (tertiary/aromatic N) is 3. The molecule has 0 amide bonds. The second-order valence-corrected chi connectivity index (χ2v) is 11.4. The smallest absolute Gasteiger partial charge is 0.160 e. The van der Waals surface area contributed by atoms with Gasteiger partial charge in [0.15, 0.2) is 5.82 Å². The van der Waals surface area contributed by atoms with Gasteiger partial charge in [-0.2, -0.15) is 0 Å². The molecule has 216 valence electrons. The first kappa shape index (κ1) is 27.4. The van der Waals surface area contributed by atoms with Gasteiger partial charge in [-0.25, -0.2) is 9.97 Å².